The van der Waals surface area contributed by atoms with E-state index in [2.05, 4.69) is 5.32 Å². The Bertz CT molecular complexity index is 523. The second kappa shape index (κ2) is 7.97. The summed E-state index contributed by atoms with van der Waals surface area (Å²) in [5.41, 5.74) is 0.140. The first-order valence-corrected chi connectivity index (χ1v) is 7.64. The molecule has 6 nitrogen and oxygen atoms in total. The van der Waals surface area contributed by atoms with Crippen molar-refractivity contribution in [2.45, 2.75) is 52.8 Å². The summed E-state index contributed by atoms with van der Waals surface area (Å²) in [4.78, 5) is 24.3. The topological polar surface area (TPSA) is 78.9 Å². The highest BCUT2D eigenvalue weighted by Crippen LogP contribution is 2.13. The van der Waals surface area contributed by atoms with Gasteiger partial charge in [0.05, 0.1) is 6.54 Å². The van der Waals surface area contributed by atoms with Gasteiger partial charge in [-0.3, -0.25) is 5.21 Å². The molecule has 0 saturated heterocycles. The highest BCUT2D eigenvalue weighted by atomic mass is 16.6. The second-order valence-electron chi connectivity index (χ2n) is 6.75. The number of ether oxygens (including phenoxy) is 1. The molecule has 1 aromatic carbocycles. The van der Waals surface area contributed by atoms with Crippen LogP contribution < -0.4 is 5.32 Å². The zero-order chi connectivity index (χ0) is 17.6. The molecule has 1 atom stereocenters. The molecule has 0 unspecified atom stereocenters. The van der Waals surface area contributed by atoms with Gasteiger partial charge in [0.25, 0.3) is 0 Å². The fourth-order valence-corrected chi connectivity index (χ4v) is 1.90. The molecule has 1 aromatic rings. The SMILES string of the molecule is CC(C)[C@H](NC(=O)N(O)Cc1ccccc1)C(=O)OC(C)(C)C. The van der Waals surface area contributed by atoms with Crippen molar-refractivity contribution in [2.75, 3.05) is 0 Å². The molecule has 0 heterocycles. The Morgan fingerprint density at radius 2 is 1.78 bits per heavy atom. The van der Waals surface area contributed by atoms with Crippen LogP contribution in [0, 0.1) is 5.92 Å². The lowest BCUT2D eigenvalue weighted by molar-refractivity contribution is -0.158. The fraction of sp³-hybridized carbons (Fsp3) is 0.529. The second-order valence-corrected chi connectivity index (χ2v) is 6.75. The van der Waals surface area contributed by atoms with E-state index in [0.29, 0.717) is 5.06 Å². The van der Waals surface area contributed by atoms with Crippen LogP contribution in [-0.4, -0.2) is 33.9 Å². The zero-order valence-electron chi connectivity index (χ0n) is 14.4. The van der Waals surface area contributed by atoms with E-state index in [1.807, 2.05) is 18.2 Å². The monoisotopic (exact) mass is 322 g/mol. The van der Waals surface area contributed by atoms with Crippen molar-refractivity contribution in [3.8, 4) is 0 Å². The van der Waals surface area contributed by atoms with Crippen molar-refractivity contribution in [3.63, 3.8) is 0 Å². The van der Waals surface area contributed by atoms with Crippen LogP contribution in [0.25, 0.3) is 0 Å². The van der Waals surface area contributed by atoms with Crippen molar-refractivity contribution in [1.82, 2.24) is 10.4 Å². The summed E-state index contributed by atoms with van der Waals surface area (Å²) in [6.45, 7) is 8.92. The van der Waals surface area contributed by atoms with E-state index >= 15 is 0 Å². The molecule has 1 rings (SSSR count). The molecular weight excluding hydrogens is 296 g/mol. The van der Waals surface area contributed by atoms with Gasteiger partial charge in [0.15, 0.2) is 0 Å². The lowest BCUT2D eigenvalue weighted by atomic mass is 10.0. The average Bonchev–Trinajstić information content (AvgIpc) is 2.43. The van der Waals surface area contributed by atoms with Crippen molar-refractivity contribution in [1.29, 1.82) is 0 Å². The molecule has 0 aliphatic carbocycles. The molecule has 0 bridgehead atoms. The van der Waals surface area contributed by atoms with Gasteiger partial charge >= 0.3 is 12.0 Å². The molecule has 0 saturated carbocycles. The van der Waals surface area contributed by atoms with Crippen molar-refractivity contribution >= 4 is 12.0 Å². The summed E-state index contributed by atoms with van der Waals surface area (Å²) in [6, 6.07) is 7.51. The normalized spacial score (nSPS) is 12.7. The Morgan fingerprint density at radius 3 is 2.26 bits per heavy atom. The van der Waals surface area contributed by atoms with Crippen molar-refractivity contribution in [2.24, 2.45) is 5.92 Å². The number of hydrogen-bond acceptors (Lipinski definition) is 4. The lowest BCUT2D eigenvalue weighted by Crippen LogP contribution is -2.50. The third-order valence-electron chi connectivity index (χ3n) is 3.02. The van der Waals surface area contributed by atoms with E-state index in [4.69, 9.17) is 4.74 Å². The summed E-state index contributed by atoms with van der Waals surface area (Å²) >= 11 is 0. The standard InChI is InChI=1S/C17H26N2O4/c1-12(2)14(15(20)23-17(3,4)5)18-16(21)19(22)11-13-9-7-6-8-10-13/h6-10,12,14,22H,11H2,1-5H3,(H,18,21)/t14-/m0/s1. The van der Waals surface area contributed by atoms with Gasteiger partial charge < -0.3 is 10.1 Å². The van der Waals surface area contributed by atoms with Crippen LogP contribution in [0.1, 0.15) is 40.2 Å². The van der Waals surface area contributed by atoms with E-state index in [0.717, 1.165) is 5.56 Å². The van der Waals surface area contributed by atoms with E-state index in [9.17, 15) is 14.8 Å². The van der Waals surface area contributed by atoms with Gasteiger partial charge in [-0.1, -0.05) is 44.2 Å². The summed E-state index contributed by atoms with van der Waals surface area (Å²) in [6.07, 6.45) is 0. The number of nitrogens with one attached hydrogen (secondary N) is 1. The number of carbonyl (C=O) groups is 2. The van der Waals surface area contributed by atoms with Gasteiger partial charge in [-0.2, -0.15) is 0 Å². The molecule has 0 fully saturated rings. The van der Waals surface area contributed by atoms with E-state index in [-0.39, 0.29) is 12.5 Å². The Kier molecular flexibility index (Phi) is 6.57. The van der Waals surface area contributed by atoms with Crippen LogP contribution >= 0.6 is 0 Å². The van der Waals surface area contributed by atoms with Crippen LogP contribution in [0.15, 0.2) is 30.3 Å². The predicted octanol–water partition coefficient (Wildman–Crippen LogP) is 2.95. The minimum Gasteiger partial charge on any atom is -0.458 e. The first-order valence-electron chi connectivity index (χ1n) is 7.64. The number of esters is 1. The van der Waals surface area contributed by atoms with Crippen LogP contribution in [0.4, 0.5) is 4.79 Å². The molecule has 0 aromatic heterocycles. The highest BCUT2D eigenvalue weighted by molar-refractivity contribution is 5.83. The van der Waals surface area contributed by atoms with Gasteiger partial charge in [0.2, 0.25) is 0 Å². The van der Waals surface area contributed by atoms with Gasteiger partial charge in [-0.15, -0.1) is 0 Å². The third kappa shape index (κ3) is 6.69. The zero-order valence-corrected chi connectivity index (χ0v) is 14.4. The summed E-state index contributed by atoms with van der Waals surface area (Å²) in [7, 11) is 0. The maximum atomic E-state index is 12.2. The molecule has 0 aliphatic rings. The predicted molar refractivity (Wildman–Crippen MR) is 86.8 cm³/mol. The molecule has 2 N–H and O–H groups in total. The molecule has 6 heteroatoms. The Labute approximate surface area is 137 Å². The molecule has 23 heavy (non-hydrogen) atoms. The summed E-state index contributed by atoms with van der Waals surface area (Å²) < 4.78 is 5.31. The smallest absolute Gasteiger partial charge is 0.342 e. The Hall–Kier alpha value is -2.08. The lowest BCUT2D eigenvalue weighted by Gasteiger charge is -2.27. The third-order valence-corrected chi connectivity index (χ3v) is 3.02. The van der Waals surface area contributed by atoms with E-state index < -0.39 is 23.6 Å². The van der Waals surface area contributed by atoms with Crippen LogP contribution in [0.3, 0.4) is 0 Å². The van der Waals surface area contributed by atoms with Gasteiger partial charge in [0.1, 0.15) is 11.6 Å². The Morgan fingerprint density at radius 1 is 1.22 bits per heavy atom. The molecule has 0 aliphatic heterocycles. The number of carbonyl (C=O) groups excluding carboxylic acids is 2. The quantitative estimate of drug-likeness (QED) is 0.496. The molecule has 0 spiro atoms. The van der Waals surface area contributed by atoms with E-state index in [1.165, 1.54) is 0 Å². The molecule has 128 valence electrons. The highest BCUT2D eigenvalue weighted by Gasteiger charge is 2.30. The van der Waals surface area contributed by atoms with Gasteiger partial charge in [-0.05, 0) is 32.3 Å². The fourth-order valence-electron chi connectivity index (χ4n) is 1.90. The van der Waals surface area contributed by atoms with Crippen LogP contribution in [-0.2, 0) is 16.1 Å². The number of nitrogens with zero attached hydrogens (tertiary/aromatic N) is 1. The minimum atomic E-state index is -0.827. The average molecular weight is 322 g/mol. The number of hydrogen-bond donors (Lipinski definition) is 2. The molecule has 2 amide bonds. The minimum absolute atomic E-state index is 0.0335. The summed E-state index contributed by atoms with van der Waals surface area (Å²) in [5, 5.41) is 13.0. The number of amides is 2. The number of hydroxylamine groups is 2. The molecular formula is C17H26N2O4. The van der Waals surface area contributed by atoms with Gasteiger partial charge in [-0.25, -0.2) is 14.7 Å². The number of rotatable bonds is 5. The maximum absolute atomic E-state index is 12.2. The number of urea groups is 1. The van der Waals surface area contributed by atoms with Gasteiger partial charge in [0, 0.05) is 0 Å². The first kappa shape index (κ1) is 19.0. The van der Waals surface area contributed by atoms with Crippen LogP contribution in [0.2, 0.25) is 0 Å². The maximum Gasteiger partial charge on any atom is 0.342 e. The number of benzene rings is 1. The van der Waals surface area contributed by atoms with Crippen LogP contribution in [0.5, 0.6) is 0 Å². The molecule has 0 radical (unpaired) electrons. The van der Waals surface area contributed by atoms with Crippen molar-refractivity contribution < 1.29 is 19.5 Å². The Balaban J connectivity index is 2.68. The largest absolute Gasteiger partial charge is 0.458 e. The van der Waals surface area contributed by atoms with E-state index in [1.54, 1.807) is 46.8 Å². The first-order chi connectivity index (χ1) is 10.6. The summed E-state index contributed by atoms with van der Waals surface area (Å²) in [5.74, 6) is -0.687. The van der Waals surface area contributed by atoms with Crippen molar-refractivity contribution in [3.05, 3.63) is 35.9 Å².